The molecule has 28 heavy (non-hydrogen) atoms. The van der Waals surface area contributed by atoms with Crippen LogP contribution in [0.15, 0.2) is 48.5 Å². The Balaban J connectivity index is 1.62. The molecule has 0 radical (unpaired) electrons. The van der Waals surface area contributed by atoms with Gasteiger partial charge in [-0.2, -0.15) is 0 Å². The van der Waals surface area contributed by atoms with Crippen molar-refractivity contribution in [2.24, 2.45) is 5.92 Å². The van der Waals surface area contributed by atoms with Crippen molar-refractivity contribution in [3.63, 3.8) is 0 Å². The number of amides is 2. The maximum atomic E-state index is 12.7. The quantitative estimate of drug-likeness (QED) is 0.779. The van der Waals surface area contributed by atoms with Crippen molar-refractivity contribution >= 4 is 29.1 Å². The molecule has 1 aliphatic heterocycles. The number of halogens is 1. The Hall–Kier alpha value is -2.33. The molecule has 0 bridgehead atoms. The van der Waals surface area contributed by atoms with Crippen LogP contribution in [0.1, 0.15) is 49.5 Å². The molecular weight excluding hydrogens is 372 g/mol. The summed E-state index contributed by atoms with van der Waals surface area (Å²) in [7, 11) is 0. The van der Waals surface area contributed by atoms with Gasteiger partial charge in [0, 0.05) is 29.4 Å². The molecule has 0 aromatic heterocycles. The molecule has 0 unspecified atom stereocenters. The average Bonchev–Trinajstić information content (AvgIpc) is 2.68. The van der Waals surface area contributed by atoms with E-state index in [1.807, 2.05) is 24.3 Å². The standard InChI is InChI=1S/C23H27ClN2O2/c1-23(2,3)18-8-12-20(13-9-18)25-21(27)17-5-4-14-26(15-17)22(28)16-6-10-19(24)11-7-16/h6-13,17H,4-5,14-15H2,1-3H3,(H,25,27)/t17-/m1/s1. The Bertz CT molecular complexity index is 838. The van der Waals surface area contributed by atoms with Gasteiger partial charge in [0.25, 0.3) is 5.91 Å². The number of hydrogen-bond donors (Lipinski definition) is 1. The third-order valence-electron chi connectivity index (χ3n) is 5.19. The number of carbonyl (C=O) groups is 2. The van der Waals surface area contributed by atoms with Gasteiger partial charge in [-0.15, -0.1) is 0 Å². The first-order valence-electron chi connectivity index (χ1n) is 9.70. The van der Waals surface area contributed by atoms with Crippen LogP contribution in [0.2, 0.25) is 5.02 Å². The van der Waals surface area contributed by atoms with Gasteiger partial charge in [-0.1, -0.05) is 44.5 Å². The van der Waals surface area contributed by atoms with Crippen LogP contribution in [-0.2, 0) is 10.2 Å². The molecule has 0 saturated carbocycles. The number of likely N-dealkylation sites (tertiary alicyclic amines) is 1. The van der Waals surface area contributed by atoms with Gasteiger partial charge in [-0.05, 0) is 60.2 Å². The fourth-order valence-corrected chi connectivity index (χ4v) is 3.57. The first-order valence-corrected chi connectivity index (χ1v) is 10.1. The molecule has 1 N–H and O–H groups in total. The van der Waals surface area contributed by atoms with E-state index in [4.69, 9.17) is 11.6 Å². The molecule has 0 aliphatic carbocycles. The third-order valence-corrected chi connectivity index (χ3v) is 5.44. The summed E-state index contributed by atoms with van der Waals surface area (Å²) in [4.78, 5) is 27.2. The predicted octanol–water partition coefficient (Wildman–Crippen LogP) is 5.13. The smallest absolute Gasteiger partial charge is 0.253 e. The highest BCUT2D eigenvalue weighted by molar-refractivity contribution is 6.30. The molecule has 3 rings (SSSR count). The summed E-state index contributed by atoms with van der Waals surface area (Å²) in [5.41, 5.74) is 2.69. The van der Waals surface area contributed by atoms with Gasteiger partial charge < -0.3 is 10.2 Å². The van der Waals surface area contributed by atoms with E-state index in [0.29, 0.717) is 23.7 Å². The number of nitrogens with zero attached hydrogens (tertiary/aromatic N) is 1. The number of carbonyl (C=O) groups excluding carboxylic acids is 2. The van der Waals surface area contributed by atoms with E-state index in [1.165, 1.54) is 5.56 Å². The van der Waals surface area contributed by atoms with Crippen molar-refractivity contribution in [1.29, 1.82) is 0 Å². The number of hydrogen-bond acceptors (Lipinski definition) is 2. The molecule has 1 saturated heterocycles. The van der Waals surface area contributed by atoms with Gasteiger partial charge in [0.2, 0.25) is 5.91 Å². The first-order chi connectivity index (χ1) is 13.2. The van der Waals surface area contributed by atoms with Crippen LogP contribution in [0.4, 0.5) is 5.69 Å². The first kappa shape index (κ1) is 20.4. The lowest BCUT2D eigenvalue weighted by atomic mass is 9.87. The van der Waals surface area contributed by atoms with E-state index < -0.39 is 0 Å². The minimum absolute atomic E-state index is 0.0304. The minimum Gasteiger partial charge on any atom is -0.338 e. The van der Waals surface area contributed by atoms with E-state index in [-0.39, 0.29) is 23.1 Å². The van der Waals surface area contributed by atoms with Gasteiger partial charge >= 0.3 is 0 Å². The van der Waals surface area contributed by atoms with Crippen LogP contribution in [0.5, 0.6) is 0 Å². The summed E-state index contributed by atoms with van der Waals surface area (Å²) in [6, 6.07) is 14.9. The van der Waals surface area contributed by atoms with Crippen LogP contribution >= 0.6 is 11.6 Å². The predicted molar refractivity (Wildman–Crippen MR) is 114 cm³/mol. The molecular formula is C23H27ClN2O2. The topological polar surface area (TPSA) is 49.4 Å². The Morgan fingerprint density at radius 3 is 2.29 bits per heavy atom. The highest BCUT2D eigenvalue weighted by atomic mass is 35.5. The van der Waals surface area contributed by atoms with Crippen LogP contribution in [-0.4, -0.2) is 29.8 Å². The van der Waals surface area contributed by atoms with E-state index in [9.17, 15) is 9.59 Å². The van der Waals surface area contributed by atoms with Crippen LogP contribution in [0.3, 0.4) is 0 Å². The number of rotatable bonds is 3. The van der Waals surface area contributed by atoms with Gasteiger partial charge in [0.05, 0.1) is 5.92 Å². The normalized spacial score (nSPS) is 17.3. The molecule has 1 heterocycles. The summed E-state index contributed by atoms with van der Waals surface area (Å²) < 4.78 is 0. The summed E-state index contributed by atoms with van der Waals surface area (Å²) >= 11 is 5.90. The van der Waals surface area contributed by atoms with E-state index in [2.05, 4.69) is 26.1 Å². The molecule has 5 heteroatoms. The second-order valence-electron chi connectivity index (χ2n) is 8.41. The lowest BCUT2D eigenvalue weighted by Gasteiger charge is -2.32. The number of piperidine rings is 1. The molecule has 148 valence electrons. The molecule has 4 nitrogen and oxygen atoms in total. The number of nitrogens with one attached hydrogen (secondary N) is 1. The molecule has 1 atom stereocenters. The molecule has 0 spiro atoms. The third kappa shape index (κ3) is 4.93. The van der Waals surface area contributed by atoms with Gasteiger partial charge in [0.15, 0.2) is 0 Å². The highest BCUT2D eigenvalue weighted by Gasteiger charge is 2.29. The zero-order valence-corrected chi connectivity index (χ0v) is 17.4. The van der Waals surface area contributed by atoms with Gasteiger partial charge in [-0.25, -0.2) is 0 Å². The van der Waals surface area contributed by atoms with E-state index >= 15 is 0 Å². The van der Waals surface area contributed by atoms with E-state index in [0.717, 1.165) is 18.5 Å². The minimum atomic E-state index is -0.202. The highest BCUT2D eigenvalue weighted by Crippen LogP contribution is 2.25. The Morgan fingerprint density at radius 2 is 1.68 bits per heavy atom. The summed E-state index contributed by atoms with van der Waals surface area (Å²) in [6.07, 6.45) is 1.61. The Morgan fingerprint density at radius 1 is 1.04 bits per heavy atom. The maximum absolute atomic E-state index is 12.7. The van der Waals surface area contributed by atoms with E-state index in [1.54, 1.807) is 29.2 Å². The SMILES string of the molecule is CC(C)(C)c1ccc(NC(=O)[C@@H]2CCCN(C(=O)c3ccc(Cl)cc3)C2)cc1. The van der Waals surface area contributed by atoms with Crippen molar-refractivity contribution in [3.05, 3.63) is 64.7 Å². The van der Waals surface area contributed by atoms with Crippen LogP contribution in [0.25, 0.3) is 0 Å². The van der Waals surface area contributed by atoms with Crippen LogP contribution < -0.4 is 5.32 Å². The van der Waals surface area contributed by atoms with Gasteiger partial charge in [0.1, 0.15) is 0 Å². The largest absolute Gasteiger partial charge is 0.338 e. The maximum Gasteiger partial charge on any atom is 0.253 e. The van der Waals surface area contributed by atoms with Gasteiger partial charge in [-0.3, -0.25) is 9.59 Å². The second-order valence-corrected chi connectivity index (χ2v) is 8.85. The fraction of sp³-hybridized carbons (Fsp3) is 0.391. The lowest BCUT2D eigenvalue weighted by Crippen LogP contribution is -2.43. The zero-order chi connectivity index (χ0) is 20.3. The molecule has 1 fully saturated rings. The van der Waals surface area contributed by atoms with Crippen molar-refractivity contribution in [3.8, 4) is 0 Å². The monoisotopic (exact) mass is 398 g/mol. The second kappa shape index (κ2) is 8.36. The Labute approximate surface area is 171 Å². The van der Waals surface area contributed by atoms with Crippen molar-refractivity contribution < 1.29 is 9.59 Å². The summed E-state index contributed by atoms with van der Waals surface area (Å²) in [6.45, 7) is 7.59. The summed E-state index contributed by atoms with van der Waals surface area (Å²) in [5, 5.41) is 3.60. The average molecular weight is 399 g/mol. The molecule has 2 aromatic carbocycles. The van der Waals surface area contributed by atoms with Crippen molar-refractivity contribution in [2.75, 3.05) is 18.4 Å². The zero-order valence-electron chi connectivity index (χ0n) is 16.7. The fourth-order valence-electron chi connectivity index (χ4n) is 3.45. The van der Waals surface area contributed by atoms with Crippen molar-refractivity contribution in [1.82, 2.24) is 4.90 Å². The Kier molecular flexibility index (Phi) is 6.09. The number of benzene rings is 2. The summed E-state index contributed by atoms with van der Waals surface area (Å²) in [5.74, 6) is -0.284. The molecule has 2 aromatic rings. The van der Waals surface area contributed by atoms with Crippen LogP contribution in [0, 0.1) is 5.92 Å². The number of anilines is 1. The van der Waals surface area contributed by atoms with Crippen molar-refractivity contribution in [2.45, 2.75) is 39.0 Å². The lowest BCUT2D eigenvalue weighted by molar-refractivity contribution is -0.121. The molecule has 2 amide bonds. The molecule has 1 aliphatic rings.